The Hall–Kier alpha value is -2.62. The number of carbonyl (C=O) groups excluding carboxylic acids is 1. The maximum absolute atomic E-state index is 11.9. The van der Waals surface area contributed by atoms with Gasteiger partial charge in [0.2, 0.25) is 0 Å². The first-order valence-corrected chi connectivity index (χ1v) is 8.68. The van der Waals surface area contributed by atoms with Crippen molar-refractivity contribution < 1.29 is 27.6 Å². The van der Waals surface area contributed by atoms with Crippen LogP contribution in [0.3, 0.4) is 0 Å². The summed E-state index contributed by atoms with van der Waals surface area (Å²) in [7, 11) is -4.64. The number of nitrogens with one attached hydrogen (secondary N) is 1. The summed E-state index contributed by atoms with van der Waals surface area (Å²) < 4.78 is 36.6. The van der Waals surface area contributed by atoms with Gasteiger partial charge in [-0.3, -0.25) is 9.87 Å². The second kappa shape index (κ2) is 7.51. The lowest BCUT2D eigenvalue weighted by molar-refractivity contribution is 0.154. The molecule has 5 N–H and O–H groups in total. The summed E-state index contributed by atoms with van der Waals surface area (Å²) in [6.07, 6.45) is -0.923. The molecule has 25 heavy (non-hydrogen) atoms. The topological polar surface area (TPSA) is 139 Å². The van der Waals surface area contributed by atoms with Crippen LogP contribution in [0.4, 0.5) is 10.5 Å². The molecular weight excluding hydrogens is 348 g/mol. The molecule has 9 heteroatoms. The molecule has 0 bridgehead atoms. The van der Waals surface area contributed by atoms with Crippen molar-refractivity contribution in [2.45, 2.75) is 17.9 Å². The molecule has 8 nitrogen and oxygen atoms in total. The minimum absolute atomic E-state index is 0.117. The second-order valence-electron chi connectivity index (χ2n) is 5.37. The molecule has 2 aromatic carbocycles. The van der Waals surface area contributed by atoms with E-state index in [4.69, 9.17) is 15.0 Å². The zero-order chi connectivity index (χ0) is 18.6. The van der Waals surface area contributed by atoms with Gasteiger partial charge in [0.15, 0.2) is 5.75 Å². The van der Waals surface area contributed by atoms with Crippen molar-refractivity contribution in [1.29, 1.82) is 0 Å². The van der Waals surface area contributed by atoms with Crippen molar-refractivity contribution in [2.24, 2.45) is 5.73 Å². The van der Waals surface area contributed by atoms with Gasteiger partial charge in [-0.2, -0.15) is 8.42 Å². The number of benzene rings is 2. The summed E-state index contributed by atoms with van der Waals surface area (Å²) >= 11 is 0. The van der Waals surface area contributed by atoms with Gasteiger partial charge in [-0.05, 0) is 30.2 Å². The molecular formula is C16H18N2O6S. The number of amides is 1. The fourth-order valence-electron chi connectivity index (χ4n) is 2.15. The largest absolute Gasteiger partial charge is 0.504 e. The lowest BCUT2D eigenvalue weighted by Crippen LogP contribution is -2.22. The van der Waals surface area contributed by atoms with Gasteiger partial charge in [-0.1, -0.05) is 30.3 Å². The number of phenols is 1. The Morgan fingerprint density at radius 1 is 1.28 bits per heavy atom. The van der Waals surface area contributed by atoms with E-state index in [-0.39, 0.29) is 12.3 Å². The van der Waals surface area contributed by atoms with Crippen LogP contribution < -0.4 is 11.1 Å². The first kappa shape index (κ1) is 18.7. The number of phenolic OH excluding ortho intramolecular Hbond substituents is 1. The Labute approximate surface area is 145 Å². The average Bonchev–Trinajstić information content (AvgIpc) is 2.55. The Balaban J connectivity index is 2.07. The van der Waals surface area contributed by atoms with Crippen LogP contribution in [0.5, 0.6) is 5.75 Å². The SMILES string of the molecule is Cc1cc(NC(=O)OC[C@@H](N)c2ccccc2)c(O)c(S(=O)(=O)O)c1. The normalized spacial score (nSPS) is 12.4. The number of aryl methyl sites for hydroxylation is 1. The number of aromatic hydroxyl groups is 1. The first-order chi connectivity index (χ1) is 11.7. The van der Waals surface area contributed by atoms with Crippen molar-refractivity contribution in [3.05, 3.63) is 53.6 Å². The molecule has 0 radical (unpaired) electrons. The molecule has 1 atom stereocenters. The van der Waals surface area contributed by atoms with E-state index in [0.29, 0.717) is 5.56 Å². The van der Waals surface area contributed by atoms with E-state index >= 15 is 0 Å². The van der Waals surface area contributed by atoms with Crippen molar-refractivity contribution >= 4 is 21.9 Å². The van der Waals surface area contributed by atoms with Gasteiger partial charge in [0.05, 0.1) is 11.7 Å². The molecule has 2 rings (SSSR count). The third kappa shape index (κ3) is 4.92. The summed E-state index contributed by atoms with van der Waals surface area (Å²) in [5.74, 6) is -0.780. The number of rotatable bonds is 5. The van der Waals surface area contributed by atoms with E-state index < -0.39 is 32.9 Å². The van der Waals surface area contributed by atoms with Crippen LogP contribution in [0.25, 0.3) is 0 Å². The number of ether oxygens (including phenoxy) is 1. The van der Waals surface area contributed by atoms with Gasteiger partial charge in [0, 0.05) is 0 Å². The lowest BCUT2D eigenvalue weighted by atomic mass is 10.1. The summed E-state index contributed by atoms with van der Waals surface area (Å²) in [4.78, 5) is 11.2. The molecule has 0 heterocycles. The number of anilines is 1. The highest BCUT2D eigenvalue weighted by Crippen LogP contribution is 2.32. The van der Waals surface area contributed by atoms with Crippen LogP contribution in [-0.2, 0) is 14.9 Å². The molecule has 0 spiro atoms. The van der Waals surface area contributed by atoms with Gasteiger partial charge >= 0.3 is 6.09 Å². The Morgan fingerprint density at radius 3 is 2.52 bits per heavy atom. The van der Waals surface area contributed by atoms with Crippen LogP contribution in [0.1, 0.15) is 17.2 Å². The number of carbonyl (C=O) groups is 1. The highest BCUT2D eigenvalue weighted by atomic mass is 32.2. The molecule has 0 saturated heterocycles. The van der Waals surface area contributed by atoms with Crippen LogP contribution in [0.2, 0.25) is 0 Å². The zero-order valence-corrected chi connectivity index (χ0v) is 14.2. The van der Waals surface area contributed by atoms with Crippen LogP contribution in [0.15, 0.2) is 47.4 Å². The minimum Gasteiger partial charge on any atom is -0.504 e. The highest BCUT2D eigenvalue weighted by Gasteiger charge is 2.20. The molecule has 2 aromatic rings. The molecule has 0 aromatic heterocycles. The van der Waals surface area contributed by atoms with E-state index in [1.54, 1.807) is 24.3 Å². The summed E-state index contributed by atoms with van der Waals surface area (Å²) in [5.41, 5.74) is 6.89. The Bertz CT molecular complexity index is 868. The van der Waals surface area contributed by atoms with Gasteiger partial charge in [0.25, 0.3) is 10.1 Å². The van der Waals surface area contributed by atoms with Crippen LogP contribution >= 0.6 is 0 Å². The second-order valence-corrected chi connectivity index (χ2v) is 6.76. The molecule has 0 aliphatic heterocycles. The van der Waals surface area contributed by atoms with Crippen molar-refractivity contribution in [3.63, 3.8) is 0 Å². The molecule has 0 aliphatic carbocycles. The maximum atomic E-state index is 11.9. The zero-order valence-electron chi connectivity index (χ0n) is 13.3. The molecule has 0 unspecified atom stereocenters. The third-order valence-corrected chi connectivity index (χ3v) is 4.22. The van der Waals surface area contributed by atoms with Gasteiger partial charge in [0.1, 0.15) is 11.5 Å². The van der Waals surface area contributed by atoms with E-state index in [1.165, 1.54) is 13.0 Å². The molecule has 0 saturated carbocycles. The van der Waals surface area contributed by atoms with E-state index in [1.807, 2.05) is 6.07 Å². The fraction of sp³-hybridized carbons (Fsp3) is 0.188. The predicted molar refractivity (Wildman–Crippen MR) is 91.0 cm³/mol. The van der Waals surface area contributed by atoms with E-state index in [0.717, 1.165) is 11.6 Å². The Kier molecular flexibility index (Phi) is 5.62. The predicted octanol–water partition coefficient (Wildman–Crippen LogP) is 2.20. The Morgan fingerprint density at radius 2 is 1.92 bits per heavy atom. The van der Waals surface area contributed by atoms with E-state index in [9.17, 15) is 18.3 Å². The number of hydrogen-bond donors (Lipinski definition) is 4. The van der Waals surface area contributed by atoms with Crippen LogP contribution in [-0.4, -0.2) is 30.8 Å². The average molecular weight is 366 g/mol. The van der Waals surface area contributed by atoms with Crippen molar-refractivity contribution in [1.82, 2.24) is 0 Å². The molecule has 134 valence electrons. The number of nitrogens with two attached hydrogens (primary N) is 1. The van der Waals surface area contributed by atoms with Crippen molar-refractivity contribution in [2.75, 3.05) is 11.9 Å². The summed E-state index contributed by atoms with van der Waals surface area (Å²) in [6.45, 7) is 1.42. The van der Waals surface area contributed by atoms with Gasteiger partial charge in [-0.25, -0.2) is 4.79 Å². The fourth-order valence-corrected chi connectivity index (χ4v) is 2.83. The molecule has 0 fully saturated rings. The smallest absolute Gasteiger partial charge is 0.411 e. The monoisotopic (exact) mass is 366 g/mol. The van der Waals surface area contributed by atoms with Crippen molar-refractivity contribution in [3.8, 4) is 5.75 Å². The summed E-state index contributed by atoms with van der Waals surface area (Å²) in [6, 6.07) is 10.9. The lowest BCUT2D eigenvalue weighted by Gasteiger charge is -2.14. The number of hydrogen-bond acceptors (Lipinski definition) is 6. The van der Waals surface area contributed by atoms with Gasteiger partial charge < -0.3 is 15.6 Å². The van der Waals surface area contributed by atoms with E-state index in [2.05, 4.69) is 5.32 Å². The van der Waals surface area contributed by atoms with Gasteiger partial charge in [-0.15, -0.1) is 0 Å². The van der Waals surface area contributed by atoms with Crippen LogP contribution in [0, 0.1) is 6.92 Å². The highest BCUT2D eigenvalue weighted by molar-refractivity contribution is 7.86. The summed E-state index contributed by atoms with van der Waals surface area (Å²) in [5, 5.41) is 12.1. The maximum Gasteiger partial charge on any atom is 0.411 e. The quantitative estimate of drug-likeness (QED) is 0.470. The standard InChI is InChI=1S/C16H18N2O6S/c1-10-7-13(15(19)14(8-10)25(21,22)23)18-16(20)24-9-12(17)11-5-3-2-4-6-11/h2-8,12,19H,9,17H2,1H3,(H,18,20)(H,21,22,23)/t12-/m1/s1. The first-order valence-electron chi connectivity index (χ1n) is 7.24. The third-order valence-electron chi connectivity index (χ3n) is 3.36. The molecule has 0 aliphatic rings. The minimum atomic E-state index is -4.64. The molecule has 1 amide bonds.